The van der Waals surface area contributed by atoms with Crippen molar-refractivity contribution >= 4 is 43.5 Å². The minimum absolute atomic E-state index is 0.215. The number of nitrogens with zero attached hydrogens (tertiary/aromatic N) is 1. The molecule has 0 saturated carbocycles. The van der Waals surface area contributed by atoms with E-state index in [4.69, 9.17) is 11.6 Å². The van der Waals surface area contributed by atoms with Crippen LogP contribution >= 0.6 is 43.5 Å². The Bertz CT molecular complexity index is 283. The lowest BCUT2D eigenvalue weighted by Crippen LogP contribution is -1.91. The average Bonchev–Trinajstić information content (AvgIpc) is 1.99. The number of halogens is 5. The number of rotatable bonds is 1. The van der Waals surface area contributed by atoms with E-state index in [2.05, 4.69) is 36.8 Å². The van der Waals surface area contributed by atoms with Crippen molar-refractivity contribution in [2.75, 3.05) is 0 Å². The van der Waals surface area contributed by atoms with Gasteiger partial charge in [-0.1, -0.05) is 11.6 Å². The quantitative estimate of drug-likeness (QED) is 0.707. The largest absolute Gasteiger partial charge is 0.280 e. The van der Waals surface area contributed by atoms with E-state index in [1.807, 2.05) is 0 Å². The Morgan fingerprint density at radius 1 is 1.42 bits per heavy atom. The smallest absolute Gasteiger partial charge is 0.239 e. The molecule has 0 fully saturated rings. The second kappa shape index (κ2) is 3.98. The van der Waals surface area contributed by atoms with Gasteiger partial charge in [0.05, 0.1) is 9.50 Å². The van der Waals surface area contributed by atoms with E-state index in [0.29, 0.717) is 4.47 Å². The number of hydrogen-bond acceptors (Lipinski definition) is 1. The maximum absolute atomic E-state index is 12.1. The van der Waals surface area contributed by atoms with Gasteiger partial charge < -0.3 is 0 Å². The van der Waals surface area contributed by atoms with Gasteiger partial charge in [0.2, 0.25) is 0 Å². The van der Waals surface area contributed by atoms with Gasteiger partial charge in [-0.2, -0.15) is 0 Å². The van der Waals surface area contributed by atoms with E-state index in [1.165, 1.54) is 0 Å². The zero-order valence-corrected chi connectivity index (χ0v) is 9.42. The Kier molecular flexibility index (Phi) is 3.43. The number of alkyl halides is 2. The Labute approximate surface area is 89.4 Å². The van der Waals surface area contributed by atoms with Crippen LogP contribution in [0.5, 0.6) is 0 Å². The average molecular weight is 321 g/mol. The molecule has 0 radical (unpaired) electrons. The molecule has 0 unspecified atom stereocenters. The summed E-state index contributed by atoms with van der Waals surface area (Å²) in [7, 11) is 0. The molecule has 1 nitrogen and oxygen atoms in total. The van der Waals surface area contributed by atoms with Crippen LogP contribution in [0, 0.1) is 0 Å². The Morgan fingerprint density at radius 2 is 2.00 bits per heavy atom. The lowest BCUT2D eigenvalue weighted by Gasteiger charge is -2.02. The van der Waals surface area contributed by atoms with E-state index < -0.39 is 6.43 Å². The van der Waals surface area contributed by atoms with E-state index >= 15 is 0 Å². The summed E-state index contributed by atoms with van der Waals surface area (Å²) in [6.45, 7) is 0. The lowest BCUT2D eigenvalue weighted by atomic mass is 10.4. The third-order valence-corrected chi connectivity index (χ3v) is 3.55. The van der Waals surface area contributed by atoms with Gasteiger partial charge in [-0.05, 0) is 37.9 Å². The molecular weight excluding hydrogens is 319 g/mol. The van der Waals surface area contributed by atoms with E-state index in [0.717, 1.165) is 6.07 Å². The molecular formula is C6H2Br2ClF2N. The van der Waals surface area contributed by atoms with Crippen LogP contribution in [0.2, 0.25) is 5.02 Å². The second-order valence-electron chi connectivity index (χ2n) is 1.93. The molecule has 1 aromatic rings. The van der Waals surface area contributed by atoms with Gasteiger partial charge >= 0.3 is 0 Å². The van der Waals surface area contributed by atoms with Crippen LogP contribution in [0.3, 0.4) is 0 Å². The molecule has 0 atom stereocenters. The summed E-state index contributed by atoms with van der Waals surface area (Å²) < 4.78 is 25.0. The molecule has 0 spiro atoms. The van der Waals surface area contributed by atoms with Crippen LogP contribution < -0.4 is 0 Å². The standard InChI is InChI=1S/C6H2Br2ClF2N/c7-4-2(9)1-3(6(10)11)12-5(4)8/h1,6H. The van der Waals surface area contributed by atoms with E-state index in [9.17, 15) is 8.78 Å². The SMILES string of the molecule is FC(F)c1cc(Cl)c(Br)c(Br)n1. The normalized spacial score (nSPS) is 10.8. The van der Waals surface area contributed by atoms with Crippen LogP contribution in [0.15, 0.2) is 15.1 Å². The van der Waals surface area contributed by atoms with Crippen molar-refractivity contribution in [3.05, 3.63) is 25.9 Å². The minimum Gasteiger partial charge on any atom is -0.239 e. The van der Waals surface area contributed by atoms with Gasteiger partial charge in [-0.3, -0.25) is 0 Å². The van der Waals surface area contributed by atoms with Gasteiger partial charge in [-0.25, -0.2) is 13.8 Å². The molecule has 1 rings (SSSR count). The molecule has 0 aromatic carbocycles. The van der Waals surface area contributed by atoms with Gasteiger partial charge in [0.25, 0.3) is 6.43 Å². The van der Waals surface area contributed by atoms with E-state index in [-0.39, 0.29) is 15.3 Å². The third kappa shape index (κ3) is 2.14. The van der Waals surface area contributed by atoms with Crippen molar-refractivity contribution in [1.29, 1.82) is 0 Å². The predicted molar refractivity (Wildman–Crippen MR) is 49.6 cm³/mol. The zero-order chi connectivity index (χ0) is 9.30. The Morgan fingerprint density at radius 3 is 2.42 bits per heavy atom. The first-order valence-electron chi connectivity index (χ1n) is 2.82. The highest BCUT2D eigenvalue weighted by Crippen LogP contribution is 2.32. The van der Waals surface area contributed by atoms with Crippen LogP contribution in [-0.2, 0) is 0 Å². The molecule has 0 amide bonds. The summed E-state index contributed by atoms with van der Waals surface area (Å²) in [5.74, 6) is 0. The maximum Gasteiger partial charge on any atom is 0.280 e. The minimum atomic E-state index is -2.60. The monoisotopic (exact) mass is 319 g/mol. The topological polar surface area (TPSA) is 12.9 Å². The second-order valence-corrected chi connectivity index (χ2v) is 3.89. The molecule has 6 heteroatoms. The number of hydrogen-bond donors (Lipinski definition) is 0. The fourth-order valence-electron chi connectivity index (χ4n) is 0.598. The molecule has 0 aliphatic rings. The molecule has 66 valence electrons. The van der Waals surface area contributed by atoms with Crippen LogP contribution in [-0.4, -0.2) is 4.98 Å². The first-order chi connectivity index (χ1) is 5.52. The highest BCUT2D eigenvalue weighted by molar-refractivity contribution is 9.13. The highest BCUT2D eigenvalue weighted by atomic mass is 79.9. The fraction of sp³-hybridized carbons (Fsp3) is 0.167. The highest BCUT2D eigenvalue weighted by Gasteiger charge is 2.13. The van der Waals surface area contributed by atoms with Crippen molar-refractivity contribution in [3.63, 3.8) is 0 Å². The zero-order valence-electron chi connectivity index (χ0n) is 5.49. The van der Waals surface area contributed by atoms with Gasteiger partial charge in [0.15, 0.2) is 0 Å². The molecule has 0 aliphatic heterocycles. The summed E-state index contributed by atoms with van der Waals surface area (Å²) >= 11 is 11.7. The van der Waals surface area contributed by atoms with Crippen LogP contribution in [0.25, 0.3) is 0 Å². The van der Waals surface area contributed by atoms with Crippen molar-refractivity contribution in [1.82, 2.24) is 4.98 Å². The molecule has 12 heavy (non-hydrogen) atoms. The first kappa shape index (κ1) is 10.3. The Balaban J connectivity index is 3.21. The van der Waals surface area contributed by atoms with Crippen molar-refractivity contribution < 1.29 is 8.78 Å². The van der Waals surface area contributed by atoms with Gasteiger partial charge in [0.1, 0.15) is 10.3 Å². The van der Waals surface area contributed by atoms with Crippen LogP contribution in [0.1, 0.15) is 12.1 Å². The summed E-state index contributed by atoms with van der Waals surface area (Å²) in [4.78, 5) is 3.57. The van der Waals surface area contributed by atoms with Gasteiger partial charge in [-0.15, -0.1) is 0 Å². The first-order valence-corrected chi connectivity index (χ1v) is 4.78. The fourth-order valence-corrected chi connectivity index (χ4v) is 1.54. The summed E-state index contributed by atoms with van der Waals surface area (Å²) in [6.07, 6.45) is -2.60. The molecule has 0 aliphatic carbocycles. The summed E-state index contributed by atoms with van der Waals surface area (Å²) in [6, 6.07) is 1.13. The molecule has 0 N–H and O–H groups in total. The number of pyridine rings is 1. The summed E-state index contributed by atoms with van der Waals surface area (Å²) in [5.41, 5.74) is -0.338. The third-order valence-electron chi connectivity index (χ3n) is 1.12. The lowest BCUT2D eigenvalue weighted by molar-refractivity contribution is 0.146. The summed E-state index contributed by atoms with van der Waals surface area (Å²) in [5, 5.41) is 0.215. The molecule has 1 heterocycles. The van der Waals surface area contributed by atoms with Crippen molar-refractivity contribution in [2.24, 2.45) is 0 Å². The number of aromatic nitrogens is 1. The van der Waals surface area contributed by atoms with E-state index in [1.54, 1.807) is 0 Å². The predicted octanol–water partition coefficient (Wildman–Crippen LogP) is 4.20. The maximum atomic E-state index is 12.1. The Hall–Kier alpha value is 0.260. The van der Waals surface area contributed by atoms with Crippen molar-refractivity contribution in [2.45, 2.75) is 6.43 Å². The van der Waals surface area contributed by atoms with Crippen LogP contribution in [0.4, 0.5) is 8.78 Å². The molecule has 0 bridgehead atoms. The van der Waals surface area contributed by atoms with Crippen molar-refractivity contribution in [3.8, 4) is 0 Å². The molecule has 0 saturated heterocycles. The molecule has 1 aromatic heterocycles. The van der Waals surface area contributed by atoms with Gasteiger partial charge in [0, 0.05) is 0 Å².